The molecule has 0 unspecified atom stereocenters. The second kappa shape index (κ2) is 4.61. The molecule has 0 aliphatic carbocycles. The molecule has 2 fully saturated rings. The monoisotopic (exact) mass is 265 g/mol. The van der Waals surface area contributed by atoms with Gasteiger partial charge in [-0.25, -0.2) is 9.48 Å². The molecule has 2 N–H and O–H groups in total. The van der Waals surface area contributed by atoms with Gasteiger partial charge in [0.15, 0.2) is 5.69 Å². The lowest BCUT2D eigenvalue weighted by molar-refractivity contribution is -0.139. The Balaban J connectivity index is 1.56. The summed E-state index contributed by atoms with van der Waals surface area (Å²) < 4.78 is 1.52. The summed E-state index contributed by atoms with van der Waals surface area (Å²) in [5, 5.41) is 19.3. The smallest absolute Gasteiger partial charge is 0.358 e. The zero-order chi connectivity index (χ0) is 13.4. The molecule has 8 nitrogen and oxygen atoms in total. The summed E-state index contributed by atoms with van der Waals surface area (Å²) in [6.45, 7) is 2.04. The summed E-state index contributed by atoms with van der Waals surface area (Å²) in [5.74, 6) is -0.957. The predicted octanol–water partition coefficient (Wildman–Crippen LogP) is -0.888. The van der Waals surface area contributed by atoms with E-state index in [1.54, 1.807) is 4.90 Å². The zero-order valence-electron chi connectivity index (χ0n) is 10.3. The molecule has 3 rings (SSSR count). The lowest BCUT2D eigenvalue weighted by atomic mass is 10.1. The van der Waals surface area contributed by atoms with Crippen LogP contribution in [0.5, 0.6) is 0 Å². The minimum atomic E-state index is -1.09. The minimum Gasteiger partial charge on any atom is -0.476 e. The number of nitrogens with one attached hydrogen (secondary N) is 1. The van der Waals surface area contributed by atoms with E-state index in [1.165, 1.54) is 10.9 Å². The molecule has 2 saturated heterocycles. The van der Waals surface area contributed by atoms with E-state index in [2.05, 4.69) is 15.6 Å². The lowest BCUT2D eigenvalue weighted by Crippen LogP contribution is -2.55. The number of rotatable bonds is 3. The van der Waals surface area contributed by atoms with Gasteiger partial charge in [0.1, 0.15) is 0 Å². The van der Waals surface area contributed by atoms with Crippen molar-refractivity contribution in [1.82, 2.24) is 25.2 Å². The van der Waals surface area contributed by atoms with Gasteiger partial charge in [-0.15, -0.1) is 5.10 Å². The van der Waals surface area contributed by atoms with Gasteiger partial charge < -0.3 is 15.3 Å². The number of carboxylic acid groups (broad SMARTS) is 1. The molecular weight excluding hydrogens is 250 g/mol. The molecule has 1 atom stereocenters. The fraction of sp³-hybridized carbons (Fsp3) is 0.636. The van der Waals surface area contributed by atoms with Crippen molar-refractivity contribution in [2.45, 2.75) is 24.9 Å². The second-order valence-electron chi connectivity index (χ2n) is 4.93. The fourth-order valence-corrected chi connectivity index (χ4v) is 2.47. The molecule has 1 aromatic rings. The molecular formula is C11H15N5O3. The van der Waals surface area contributed by atoms with E-state index in [4.69, 9.17) is 5.11 Å². The Morgan fingerprint density at radius 3 is 2.79 bits per heavy atom. The van der Waals surface area contributed by atoms with E-state index in [-0.39, 0.29) is 23.7 Å². The number of carbonyl (C=O) groups is 2. The first kappa shape index (κ1) is 12.1. The Hall–Kier alpha value is -1.96. The highest BCUT2D eigenvalue weighted by atomic mass is 16.4. The molecule has 8 heteroatoms. The van der Waals surface area contributed by atoms with Gasteiger partial charge in [0.2, 0.25) is 5.91 Å². The minimum absolute atomic E-state index is 0.0333. The van der Waals surface area contributed by atoms with Crippen LogP contribution in [0.4, 0.5) is 0 Å². The van der Waals surface area contributed by atoms with Crippen LogP contribution in [0, 0.1) is 0 Å². The second-order valence-corrected chi connectivity index (χ2v) is 4.93. The number of likely N-dealkylation sites (tertiary alicyclic amines) is 1. The topological polar surface area (TPSA) is 100 Å². The van der Waals surface area contributed by atoms with Crippen molar-refractivity contribution in [3.05, 3.63) is 11.9 Å². The quantitative estimate of drug-likeness (QED) is 0.735. The van der Waals surface area contributed by atoms with Crippen LogP contribution in [0.15, 0.2) is 6.20 Å². The van der Waals surface area contributed by atoms with Gasteiger partial charge in [-0.3, -0.25) is 4.79 Å². The van der Waals surface area contributed by atoms with Crippen LogP contribution in [0.25, 0.3) is 0 Å². The van der Waals surface area contributed by atoms with Crippen molar-refractivity contribution >= 4 is 11.9 Å². The Morgan fingerprint density at radius 2 is 2.21 bits per heavy atom. The van der Waals surface area contributed by atoms with Crippen molar-refractivity contribution in [3.8, 4) is 0 Å². The molecule has 0 radical (unpaired) electrons. The van der Waals surface area contributed by atoms with E-state index in [0.29, 0.717) is 13.1 Å². The fourth-order valence-electron chi connectivity index (χ4n) is 2.47. The first-order valence-electron chi connectivity index (χ1n) is 6.32. The summed E-state index contributed by atoms with van der Waals surface area (Å²) in [7, 11) is 0. The maximum atomic E-state index is 12.0. The molecule has 3 heterocycles. The number of carboxylic acids is 1. The maximum absolute atomic E-state index is 12.0. The van der Waals surface area contributed by atoms with Crippen LogP contribution in [0.3, 0.4) is 0 Å². The van der Waals surface area contributed by atoms with Crippen molar-refractivity contribution in [2.75, 3.05) is 19.6 Å². The largest absolute Gasteiger partial charge is 0.476 e. The van der Waals surface area contributed by atoms with Crippen LogP contribution in [0.2, 0.25) is 0 Å². The normalized spacial score (nSPS) is 23.4. The van der Waals surface area contributed by atoms with E-state index in [0.717, 1.165) is 19.4 Å². The Labute approximate surface area is 109 Å². The van der Waals surface area contributed by atoms with Crippen LogP contribution in [-0.2, 0) is 4.79 Å². The van der Waals surface area contributed by atoms with Crippen LogP contribution >= 0.6 is 0 Å². The van der Waals surface area contributed by atoms with Crippen molar-refractivity contribution in [1.29, 1.82) is 0 Å². The molecule has 0 bridgehead atoms. The molecule has 2 aliphatic rings. The highest BCUT2D eigenvalue weighted by Crippen LogP contribution is 2.22. The first-order chi connectivity index (χ1) is 9.15. The maximum Gasteiger partial charge on any atom is 0.358 e. The zero-order valence-corrected chi connectivity index (χ0v) is 10.3. The third-order valence-corrected chi connectivity index (χ3v) is 3.64. The number of nitrogens with zero attached hydrogens (tertiary/aromatic N) is 4. The van der Waals surface area contributed by atoms with E-state index in [9.17, 15) is 9.59 Å². The number of hydrogen-bond donors (Lipinski definition) is 2. The van der Waals surface area contributed by atoms with Gasteiger partial charge in [-0.2, -0.15) is 0 Å². The number of aromatic carboxylic acids is 1. The molecule has 0 spiro atoms. The van der Waals surface area contributed by atoms with Crippen LogP contribution < -0.4 is 5.32 Å². The number of hydrogen-bond acceptors (Lipinski definition) is 5. The van der Waals surface area contributed by atoms with Crippen LogP contribution in [-0.4, -0.2) is 62.6 Å². The van der Waals surface area contributed by atoms with E-state index >= 15 is 0 Å². The molecule has 0 saturated carbocycles. The highest BCUT2D eigenvalue weighted by Gasteiger charge is 2.36. The number of amides is 1. The summed E-state index contributed by atoms with van der Waals surface area (Å²) in [6.07, 6.45) is 3.34. The molecule has 19 heavy (non-hydrogen) atoms. The standard InChI is InChI=1S/C11H15N5O3/c17-10(8-2-1-3-12-8)15-4-7(5-15)16-6-9(11(18)19)13-14-16/h6-8,12H,1-5H2,(H,18,19)/t8-/m1/s1. The third kappa shape index (κ3) is 2.19. The number of aromatic nitrogens is 3. The van der Waals surface area contributed by atoms with Crippen molar-refractivity contribution in [3.63, 3.8) is 0 Å². The van der Waals surface area contributed by atoms with Gasteiger partial charge >= 0.3 is 5.97 Å². The summed E-state index contributed by atoms with van der Waals surface area (Å²) in [5.41, 5.74) is -0.0674. The Kier molecular flexibility index (Phi) is 2.94. The summed E-state index contributed by atoms with van der Waals surface area (Å²) in [6, 6.07) is -0.0165. The highest BCUT2D eigenvalue weighted by molar-refractivity contribution is 5.84. The summed E-state index contributed by atoms with van der Waals surface area (Å²) >= 11 is 0. The molecule has 2 aliphatic heterocycles. The van der Waals surface area contributed by atoms with E-state index in [1.807, 2.05) is 0 Å². The Bertz CT molecular complexity index is 502. The molecule has 0 aromatic carbocycles. The Morgan fingerprint density at radius 1 is 1.42 bits per heavy atom. The van der Waals surface area contributed by atoms with E-state index < -0.39 is 5.97 Å². The average Bonchev–Trinajstić information content (AvgIpc) is 2.98. The van der Waals surface area contributed by atoms with Gasteiger partial charge in [0.05, 0.1) is 18.3 Å². The summed E-state index contributed by atoms with van der Waals surface area (Å²) in [4.78, 5) is 24.5. The SMILES string of the molecule is O=C(O)c1cn(C2CN(C(=O)[C@H]3CCCN3)C2)nn1. The number of carbonyl (C=O) groups excluding carboxylic acids is 1. The predicted molar refractivity (Wildman–Crippen MR) is 63.6 cm³/mol. The van der Waals surface area contributed by atoms with Gasteiger partial charge in [-0.05, 0) is 19.4 Å². The van der Waals surface area contributed by atoms with Crippen molar-refractivity contribution in [2.24, 2.45) is 0 Å². The molecule has 1 aromatic heterocycles. The molecule has 1 amide bonds. The van der Waals surface area contributed by atoms with Gasteiger partial charge in [0, 0.05) is 13.1 Å². The first-order valence-corrected chi connectivity index (χ1v) is 6.32. The average molecular weight is 265 g/mol. The van der Waals surface area contributed by atoms with Crippen LogP contribution in [0.1, 0.15) is 29.4 Å². The third-order valence-electron chi connectivity index (χ3n) is 3.64. The van der Waals surface area contributed by atoms with Gasteiger partial charge in [-0.1, -0.05) is 5.21 Å². The molecule has 102 valence electrons. The van der Waals surface area contributed by atoms with Crippen molar-refractivity contribution < 1.29 is 14.7 Å². The van der Waals surface area contributed by atoms with Gasteiger partial charge in [0.25, 0.3) is 0 Å². The lowest BCUT2D eigenvalue weighted by Gasteiger charge is -2.40.